The highest BCUT2D eigenvalue weighted by molar-refractivity contribution is 5.76. The van der Waals surface area contributed by atoms with Crippen LogP contribution in [-0.4, -0.2) is 34.3 Å². The molecule has 0 spiro atoms. The summed E-state index contributed by atoms with van der Waals surface area (Å²) in [7, 11) is 0. The zero-order valence-corrected chi connectivity index (χ0v) is 11.6. The van der Waals surface area contributed by atoms with Crippen LogP contribution < -0.4 is 10.6 Å². The molecular formula is C14H24N4O. The zero-order chi connectivity index (χ0) is 13.5. The fourth-order valence-electron chi connectivity index (χ4n) is 2.56. The molecule has 0 aliphatic heterocycles. The fraction of sp³-hybridized carbons (Fsp3) is 0.714. The van der Waals surface area contributed by atoms with E-state index in [1.165, 1.54) is 12.8 Å². The van der Waals surface area contributed by atoms with E-state index >= 15 is 0 Å². The van der Waals surface area contributed by atoms with Gasteiger partial charge in [0.05, 0.1) is 6.54 Å². The van der Waals surface area contributed by atoms with E-state index in [0.717, 1.165) is 25.9 Å². The molecule has 1 atom stereocenters. The lowest BCUT2D eigenvalue weighted by Gasteiger charge is -2.15. The van der Waals surface area contributed by atoms with Gasteiger partial charge in [0.25, 0.3) is 0 Å². The molecule has 1 aliphatic carbocycles. The van der Waals surface area contributed by atoms with Gasteiger partial charge in [0.1, 0.15) is 0 Å². The molecule has 0 bridgehead atoms. The first kappa shape index (κ1) is 14.1. The van der Waals surface area contributed by atoms with E-state index in [4.69, 9.17) is 0 Å². The molecule has 1 unspecified atom stereocenters. The number of carbonyl (C=O) groups excluding carboxylic acids is 1. The van der Waals surface area contributed by atoms with Crippen LogP contribution in [0, 0.1) is 0 Å². The van der Waals surface area contributed by atoms with Crippen molar-refractivity contribution in [2.75, 3.05) is 6.54 Å². The van der Waals surface area contributed by atoms with E-state index in [1.807, 2.05) is 16.9 Å². The van der Waals surface area contributed by atoms with E-state index in [9.17, 15) is 4.79 Å². The number of nitrogens with zero attached hydrogens (tertiary/aromatic N) is 2. The molecule has 1 aliphatic rings. The van der Waals surface area contributed by atoms with Gasteiger partial charge in [0.15, 0.2) is 0 Å². The minimum Gasteiger partial charge on any atom is -0.353 e. The van der Waals surface area contributed by atoms with Crippen molar-refractivity contribution < 1.29 is 4.79 Å². The summed E-state index contributed by atoms with van der Waals surface area (Å²) >= 11 is 0. The number of aromatic nitrogens is 2. The van der Waals surface area contributed by atoms with Crippen LogP contribution in [0.15, 0.2) is 18.5 Å². The molecule has 1 heterocycles. The van der Waals surface area contributed by atoms with Gasteiger partial charge in [-0.25, -0.2) is 0 Å². The summed E-state index contributed by atoms with van der Waals surface area (Å²) in [5.74, 6) is 0.172. The number of amides is 1. The maximum atomic E-state index is 11.7. The van der Waals surface area contributed by atoms with Crippen LogP contribution in [-0.2, 0) is 11.3 Å². The maximum absolute atomic E-state index is 11.7. The number of carbonyl (C=O) groups is 1. The van der Waals surface area contributed by atoms with Crippen molar-refractivity contribution in [3.63, 3.8) is 0 Å². The van der Waals surface area contributed by atoms with Crippen LogP contribution in [0.4, 0.5) is 0 Å². The first-order valence-electron chi connectivity index (χ1n) is 7.24. The Labute approximate surface area is 114 Å². The molecule has 19 heavy (non-hydrogen) atoms. The van der Waals surface area contributed by atoms with Crippen LogP contribution >= 0.6 is 0 Å². The summed E-state index contributed by atoms with van der Waals surface area (Å²) in [4.78, 5) is 11.7. The Hall–Kier alpha value is -1.36. The number of nitrogens with one attached hydrogen (secondary N) is 2. The third kappa shape index (κ3) is 5.03. The Balaban J connectivity index is 1.56. The molecule has 5 heteroatoms. The molecule has 2 N–H and O–H groups in total. The highest BCUT2D eigenvalue weighted by Gasteiger charge is 2.16. The molecule has 2 rings (SSSR count). The zero-order valence-electron chi connectivity index (χ0n) is 11.6. The summed E-state index contributed by atoms with van der Waals surface area (Å²) < 4.78 is 1.90. The van der Waals surface area contributed by atoms with Gasteiger partial charge in [0, 0.05) is 37.4 Å². The third-order valence-electron chi connectivity index (χ3n) is 3.59. The average Bonchev–Trinajstić information content (AvgIpc) is 3.02. The van der Waals surface area contributed by atoms with E-state index < -0.39 is 0 Å². The second-order valence-electron chi connectivity index (χ2n) is 5.38. The molecule has 106 valence electrons. The maximum Gasteiger partial charge on any atom is 0.221 e. The molecule has 0 saturated heterocycles. The van der Waals surface area contributed by atoms with Crippen molar-refractivity contribution in [3.05, 3.63) is 18.5 Å². The Bertz CT molecular complexity index is 371. The Morgan fingerprint density at radius 2 is 2.26 bits per heavy atom. The molecule has 1 aromatic heterocycles. The van der Waals surface area contributed by atoms with Gasteiger partial charge in [0.2, 0.25) is 5.91 Å². The lowest BCUT2D eigenvalue weighted by Crippen LogP contribution is -2.37. The Morgan fingerprint density at radius 3 is 2.95 bits per heavy atom. The Morgan fingerprint density at radius 1 is 1.47 bits per heavy atom. The van der Waals surface area contributed by atoms with Crippen molar-refractivity contribution in [3.8, 4) is 0 Å². The van der Waals surface area contributed by atoms with E-state index in [1.54, 1.807) is 6.20 Å². The van der Waals surface area contributed by atoms with Gasteiger partial charge in [-0.2, -0.15) is 5.10 Å². The molecule has 1 aromatic rings. The topological polar surface area (TPSA) is 59.0 Å². The second kappa shape index (κ2) is 7.28. The summed E-state index contributed by atoms with van der Waals surface area (Å²) in [6, 6.07) is 2.66. The SMILES string of the molecule is CC(Cn1cccn1)NCCC(=O)NC1CCCC1. The molecule has 1 amide bonds. The number of hydrogen-bond donors (Lipinski definition) is 2. The summed E-state index contributed by atoms with van der Waals surface area (Å²) in [6.45, 7) is 3.66. The van der Waals surface area contributed by atoms with Gasteiger partial charge in [-0.05, 0) is 25.8 Å². The van der Waals surface area contributed by atoms with E-state index in [-0.39, 0.29) is 5.91 Å². The first-order chi connectivity index (χ1) is 9.24. The van der Waals surface area contributed by atoms with Gasteiger partial charge >= 0.3 is 0 Å². The minimum atomic E-state index is 0.172. The van der Waals surface area contributed by atoms with Crippen LogP contribution in [0.1, 0.15) is 39.0 Å². The fourth-order valence-corrected chi connectivity index (χ4v) is 2.56. The van der Waals surface area contributed by atoms with Gasteiger partial charge < -0.3 is 10.6 Å². The lowest BCUT2D eigenvalue weighted by molar-refractivity contribution is -0.121. The average molecular weight is 264 g/mol. The van der Waals surface area contributed by atoms with Crippen LogP contribution in [0.3, 0.4) is 0 Å². The third-order valence-corrected chi connectivity index (χ3v) is 3.59. The standard InChI is InChI=1S/C14H24N4O/c1-12(11-18-10-4-8-16-18)15-9-7-14(19)17-13-5-2-3-6-13/h4,8,10,12-13,15H,2-3,5-7,9,11H2,1H3,(H,17,19). The van der Waals surface area contributed by atoms with Gasteiger partial charge in [-0.15, -0.1) is 0 Å². The lowest BCUT2D eigenvalue weighted by atomic mass is 10.2. The van der Waals surface area contributed by atoms with Crippen molar-refractivity contribution >= 4 is 5.91 Å². The molecular weight excluding hydrogens is 240 g/mol. The van der Waals surface area contributed by atoms with E-state index in [2.05, 4.69) is 22.7 Å². The smallest absolute Gasteiger partial charge is 0.221 e. The monoisotopic (exact) mass is 264 g/mol. The van der Waals surface area contributed by atoms with Crippen molar-refractivity contribution in [1.29, 1.82) is 0 Å². The van der Waals surface area contributed by atoms with Crippen LogP contribution in [0.5, 0.6) is 0 Å². The normalized spacial score (nSPS) is 17.5. The molecule has 0 aromatic carbocycles. The van der Waals surface area contributed by atoms with Gasteiger partial charge in [-0.3, -0.25) is 9.48 Å². The van der Waals surface area contributed by atoms with Crippen molar-refractivity contribution in [2.24, 2.45) is 0 Å². The number of hydrogen-bond acceptors (Lipinski definition) is 3. The van der Waals surface area contributed by atoms with E-state index in [0.29, 0.717) is 18.5 Å². The highest BCUT2D eigenvalue weighted by Crippen LogP contribution is 2.17. The van der Waals surface area contributed by atoms with Crippen molar-refractivity contribution in [1.82, 2.24) is 20.4 Å². The molecule has 1 saturated carbocycles. The predicted molar refractivity (Wildman–Crippen MR) is 74.7 cm³/mol. The summed E-state index contributed by atoms with van der Waals surface area (Å²) in [5.41, 5.74) is 0. The Kier molecular flexibility index (Phi) is 5.39. The van der Waals surface area contributed by atoms with Gasteiger partial charge in [-0.1, -0.05) is 12.8 Å². The predicted octanol–water partition coefficient (Wildman–Crippen LogP) is 1.31. The molecule has 5 nitrogen and oxygen atoms in total. The van der Waals surface area contributed by atoms with Crippen LogP contribution in [0.2, 0.25) is 0 Å². The van der Waals surface area contributed by atoms with Crippen molar-refractivity contribution in [2.45, 2.75) is 57.7 Å². The quantitative estimate of drug-likeness (QED) is 0.780. The minimum absolute atomic E-state index is 0.172. The van der Waals surface area contributed by atoms with Crippen LogP contribution in [0.25, 0.3) is 0 Å². The summed E-state index contributed by atoms with van der Waals surface area (Å²) in [5, 5.41) is 10.6. The summed E-state index contributed by atoms with van der Waals surface area (Å²) in [6.07, 6.45) is 9.09. The first-order valence-corrected chi connectivity index (χ1v) is 7.24. The number of rotatable bonds is 7. The highest BCUT2D eigenvalue weighted by atomic mass is 16.1. The molecule has 0 radical (unpaired) electrons. The molecule has 1 fully saturated rings. The second-order valence-corrected chi connectivity index (χ2v) is 5.38. The largest absolute Gasteiger partial charge is 0.353 e.